The summed E-state index contributed by atoms with van der Waals surface area (Å²) in [6.07, 6.45) is 2.04. The zero-order valence-corrected chi connectivity index (χ0v) is 17.4. The molecule has 0 fully saturated rings. The molecule has 0 spiro atoms. The number of hydrogen-bond donors (Lipinski definition) is 0. The lowest BCUT2D eigenvalue weighted by Gasteiger charge is -2.28. The van der Waals surface area contributed by atoms with E-state index in [0.717, 1.165) is 24.0 Å². The Hall–Kier alpha value is -1.40. The summed E-state index contributed by atoms with van der Waals surface area (Å²) in [5, 5.41) is 0. The molecule has 0 aliphatic heterocycles. The van der Waals surface area contributed by atoms with E-state index in [0.29, 0.717) is 17.4 Å². The van der Waals surface area contributed by atoms with Crippen molar-refractivity contribution in [2.24, 2.45) is 11.3 Å². The zero-order chi connectivity index (χ0) is 19.3. The van der Waals surface area contributed by atoms with Crippen LogP contribution in [0.4, 0.5) is 0 Å². The van der Waals surface area contributed by atoms with Crippen molar-refractivity contribution in [3.8, 4) is 0 Å². The lowest BCUT2D eigenvalue weighted by molar-refractivity contribution is -0.154. The second-order valence-electron chi connectivity index (χ2n) is 7.38. The molecule has 1 aromatic rings. The van der Waals surface area contributed by atoms with Crippen LogP contribution >= 0.6 is 24.0 Å². The number of carbonyl (C=O) groups excluding carboxylic acids is 2. The fourth-order valence-corrected chi connectivity index (χ4v) is 4.10. The van der Waals surface area contributed by atoms with Gasteiger partial charge in [0.2, 0.25) is 4.38 Å². The summed E-state index contributed by atoms with van der Waals surface area (Å²) in [6.45, 7) is 7.73. The van der Waals surface area contributed by atoms with Gasteiger partial charge in [0.05, 0.1) is 12.0 Å². The van der Waals surface area contributed by atoms with Gasteiger partial charge in [0, 0.05) is 17.9 Å². The van der Waals surface area contributed by atoms with Crippen molar-refractivity contribution in [1.29, 1.82) is 0 Å². The van der Waals surface area contributed by atoms with E-state index in [2.05, 4.69) is 0 Å². The average molecular weight is 395 g/mol. The predicted octanol–water partition coefficient (Wildman–Crippen LogP) is 4.79. The average Bonchev–Trinajstić information content (AvgIpc) is 2.57. The molecule has 1 aliphatic rings. The number of ketones is 1. The van der Waals surface area contributed by atoms with Gasteiger partial charge in [-0.2, -0.15) is 0 Å². The third-order valence-electron chi connectivity index (χ3n) is 4.23. The molecule has 0 bridgehead atoms. The first-order chi connectivity index (χ1) is 12.2. The van der Waals surface area contributed by atoms with Gasteiger partial charge < -0.3 is 9.47 Å². The predicted molar refractivity (Wildman–Crippen MR) is 108 cm³/mol. The van der Waals surface area contributed by atoms with Crippen LogP contribution in [-0.2, 0) is 20.7 Å². The van der Waals surface area contributed by atoms with Gasteiger partial charge in [-0.1, -0.05) is 24.3 Å². The summed E-state index contributed by atoms with van der Waals surface area (Å²) in [6, 6.07) is 7.71. The van der Waals surface area contributed by atoms with Crippen LogP contribution in [0.1, 0.15) is 56.5 Å². The molecular weight excluding hydrogens is 368 g/mol. The van der Waals surface area contributed by atoms with Gasteiger partial charge in [-0.25, -0.2) is 0 Å². The molecule has 2 atom stereocenters. The third-order valence-corrected chi connectivity index (χ3v) is 5.50. The SMILES string of the molecule is CCOC(=S)SC(CC1CCc2ccccc2C1=O)OC(=O)C(C)(C)C. The van der Waals surface area contributed by atoms with Gasteiger partial charge in [-0.05, 0) is 70.1 Å². The lowest BCUT2D eigenvalue weighted by Crippen LogP contribution is -2.31. The standard InChI is InChI=1S/C20H26O4S2/c1-5-23-19(25)26-16(24-18(22)20(2,3)4)12-14-11-10-13-8-6-7-9-15(13)17(14)21/h6-9,14,16H,5,10-12H2,1-4H3. The van der Waals surface area contributed by atoms with Crippen LogP contribution in [-0.4, -0.2) is 28.2 Å². The monoisotopic (exact) mass is 394 g/mol. The van der Waals surface area contributed by atoms with Crippen LogP contribution in [0.2, 0.25) is 0 Å². The Labute approximate surface area is 165 Å². The molecule has 0 aromatic heterocycles. The van der Waals surface area contributed by atoms with Gasteiger partial charge in [0.1, 0.15) is 0 Å². The highest BCUT2D eigenvalue weighted by Crippen LogP contribution is 2.33. The number of benzene rings is 1. The number of ether oxygens (including phenoxy) is 2. The van der Waals surface area contributed by atoms with Crippen molar-refractivity contribution in [1.82, 2.24) is 0 Å². The van der Waals surface area contributed by atoms with Crippen molar-refractivity contribution >= 4 is 40.1 Å². The fraction of sp³-hybridized carbons (Fsp3) is 0.550. The minimum absolute atomic E-state index is 0.117. The number of Topliss-reactive ketones (excluding diaryl/α,β-unsaturated/α-hetero) is 1. The van der Waals surface area contributed by atoms with Crippen LogP contribution in [0.3, 0.4) is 0 Å². The smallest absolute Gasteiger partial charge is 0.312 e. The lowest BCUT2D eigenvalue weighted by atomic mass is 9.81. The second kappa shape index (κ2) is 9.00. The summed E-state index contributed by atoms with van der Waals surface area (Å²) >= 11 is 6.41. The van der Waals surface area contributed by atoms with E-state index >= 15 is 0 Å². The number of fused-ring (bicyclic) bond motifs is 1. The molecule has 4 nitrogen and oxygen atoms in total. The van der Waals surface area contributed by atoms with E-state index in [-0.39, 0.29) is 17.7 Å². The van der Waals surface area contributed by atoms with Crippen molar-refractivity contribution in [2.75, 3.05) is 6.61 Å². The Morgan fingerprint density at radius 1 is 1.35 bits per heavy atom. The zero-order valence-electron chi connectivity index (χ0n) is 15.7. The fourth-order valence-electron chi connectivity index (χ4n) is 2.79. The minimum Gasteiger partial charge on any atom is -0.479 e. The summed E-state index contributed by atoms with van der Waals surface area (Å²) in [7, 11) is 0. The summed E-state index contributed by atoms with van der Waals surface area (Å²) in [4.78, 5) is 25.2. The quantitative estimate of drug-likeness (QED) is 0.406. The van der Waals surface area contributed by atoms with Gasteiger partial charge in [-0.15, -0.1) is 0 Å². The molecule has 0 N–H and O–H groups in total. The van der Waals surface area contributed by atoms with Crippen LogP contribution in [0.15, 0.2) is 24.3 Å². The largest absolute Gasteiger partial charge is 0.479 e. The Balaban J connectivity index is 2.11. The van der Waals surface area contributed by atoms with Crippen molar-refractivity contribution < 1.29 is 19.1 Å². The topological polar surface area (TPSA) is 52.6 Å². The molecule has 2 rings (SSSR count). The van der Waals surface area contributed by atoms with Gasteiger partial charge in [0.25, 0.3) is 0 Å². The molecular formula is C20H26O4S2. The number of thiocarbonyl (C=S) groups is 1. The van der Waals surface area contributed by atoms with Gasteiger partial charge in [-0.3, -0.25) is 9.59 Å². The number of esters is 1. The maximum absolute atomic E-state index is 12.8. The normalized spacial score (nSPS) is 18.0. The highest BCUT2D eigenvalue weighted by molar-refractivity contribution is 8.22. The van der Waals surface area contributed by atoms with Gasteiger partial charge >= 0.3 is 5.97 Å². The number of rotatable bonds is 5. The molecule has 0 saturated heterocycles. The van der Waals surface area contributed by atoms with Crippen molar-refractivity contribution in [2.45, 2.75) is 52.4 Å². The Morgan fingerprint density at radius 3 is 2.69 bits per heavy atom. The maximum atomic E-state index is 12.8. The maximum Gasteiger partial charge on any atom is 0.312 e. The van der Waals surface area contributed by atoms with E-state index in [1.165, 1.54) is 11.8 Å². The van der Waals surface area contributed by atoms with Crippen LogP contribution in [0, 0.1) is 11.3 Å². The number of aryl methyl sites for hydroxylation is 1. The third kappa shape index (κ3) is 5.55. The van der Waals surface area contributed by atoms with Crippen LogP contribution < -0.4 is 0 Å². The molecule has 26 heavy (non-hydrogen) atoms. The first-order valence-electron chi connectivity index (χ1n) is 8.89. The minimum atomic E-state index is -0.616. The van der Waals surface area contributed by atoms with E-state index in [1.807, 2.05) is 31.2 Å². The summed E-state index contributed by atoms with van der Waals surface area (Å²) < 4.78 is 11.3. The molecule has 1 aliphatic carbocycles. The summed E-state index contributed by atoms with van der Waals surface area (Å²) in [5.74, 6) is -0.371. The molecule has 0 amide bonds. The Morgan fingerprint density at radius 2 is 2.04 bits per heavy atom. The Kier molecular flexibility index (Phi) is 7.24. The molecule has 2 unspecified atom stereocenters. The molecule has 0 heterocycles. The Bertz CT molecular complexity index is 679. The number of hydrogen-bond acceptors (Lipinski definition) is 6. The number of carbonyl (C=O) groups is 2. The number of thioether (sulfide) groups is 1. The second-order valence-corrected chi connectivity index (χ2v) is 9.14. The van der Waals surface area contributed by atoms with Crippen LogP contribution in [0.5, 0.6) is 0 Å². The molecule has 6 heteroatoms. The molecule has 1 aromatic carbocycles. The first-order valence-corrected chi connectivity index (χ1v) is 10.2. The van der Waals surface area contributed by atoms with E-state index in [9.17, 15) is 9.59 Å². The summed E-state index contributed by atoms with van der Waals surface area (Å²) in [5.41, 5.74) is 0.728. The first kappa shape index (κ1) is 20.9. The molecule has 142 valence electrons. The molecule has 0 radical (unpaired) electrons. The van der Waals surface area contributed by atoms with Crippen molar-refractivity contribution in [3.05, 3.63) is 35.4 Å². The van der Waals surface area contributed by atoms with E-state index in [1.54, 1.807) is 20.8 Å². The van der Waals surface area contributed by atoms with E-state index < -0.39 is 10.9 Å². The molecule has 0 saturated carbocycles. The van der Waals surface area contributed by atoms with Gasteiger partial charge in [0.15, 0.2) is 11.2 Å². The highest BCUT2D eigenvalue weighted by atomic mass is 32.2. The highest BCUT2D eigenvalue weighted by Gasteiger charge is 2.33. The van der Waals surface area contributed by atoms with E-state index in [4.69, 9.17) is 21.7 Å². The van der Waals surface area contributed by atoms with Crippen molar-refractivity contribution in [3.63, 3.8) is 0 Å². The van der Waals surface area contributed by atoms with Crippen LogP contribution in [0.25, 0.3) is 0 Å².